The van der Waals surface area contributed by atoms with E-state index in [1.54, 1.807) is 31.6 Å². The summed E-state index contributed by atoms with van der Waals surface area (Å²) in [6.07, 6.45) is 1.65. The SMILES string of the molecule is COc1cccc(C(=O)NCC(c2ccco2)N2CCN(c3ccc(F)cc3)CC2)c1. The number of carbonyl (C=O) groups is 1. The third kappa shape index (κ3) is 5.06. The van der Waals surface area contributed by atoms with Gasteiger partial charge in [0.25, 0.3) is 5.91 Å². The Hall–Kier alpha value is -3.32. The second-order valence-electron chi connectivity index (χ2n) is 7.47. The molecule has 0 aliphatic carbocycles. The molecule has 1 unspecified atom stereocenters. The minimum atomic E-state index is -0.230. The summed E-state index contributed by atoms with van der Waals surface area (Å²) < 4.78 is 24.1. The molecule has 3 aromatic rings. The van der Waals surface area contributed by atoms with Crippen LogP contribution in [0.5, 0.6) is 5.75 Å². The van der Waals surface area contributed by atoms with Crippen molar-refractivity contribution in [2.24, 2.45) is 0 Å². The van der Waals surface area contributed by atoms with Crippen LogP contribution in [0.25, 0.3) is 0 Å². The third-order valence-electron chi connectivity index (χ3n) is 5.61. The molecule has 2 aromatic carbocycles. The first kappa shape index (κ1) is 20.9. The fourth-order valence-corrected chi connectivity index (χ4v) is 3.89. The highest BCUT2D eigenvalue weighted by atomic mass is 19.1. The second kappa shape index (κ2) is 9.66. The first-order chi connectivity index (χ1) is 15.1. The number of rotatable bonds is 7. The summed E-state index contributed by atoms with van der Waals surface area (Å²) in [5.41, 5.74) is 1.57. The van der Waals surface area contributed by atoms with E-state index >= 15 is 0 Å². The van der Waals surface area contributed by atoms with Crippen molar-refractivity contribution in [2.75, 3.05) is 44.7 Å². The van der Waals surface area contributed by atoms with Crippen molar-refractivity contribution < 1.29 is 18.3 Å². The lowest BCUT2D eigenvalue weighted by molar-refractivity contribution is 0.0922. The zero-order chi connectivity index (χ0) is 21.6. The molecule has 4 rings (SSSR count). The van der Waals surface area contributed by atoms with E-state index in [0.29, 0.717) is 17.9 Å². The summed E-state index contributed by atoms with van der Waals surface area (Å²) in [6.45, 7) is 3.66. The van der Waals surface area contributed by atoms with Crippen molar-refractivity contribution in [3.8, 4) is 5.75 Å². The normalized spacial score (nSPS) is 15.5. The number of hydrogen-bond acceptors (Lipinski definition) is 5. The van der Waals surface area contributed by atoms with E-state index in [-0.39, 0.29) is 17.8 Å². The van der Waals surface area contributed by atoms with Crippen LogP contribution in [0.15, 0.2) is 71.3 Å². The van der Waals surface area contributed by atoms with Gasteiger partial charge in [-0.1, -0.05) is 6.07 Å². The molecule has 31 heavy (non-hydrogen) atoms. The average molecular weight is 423 g/mol. The van der Waals surface area contributed by atoms with Crippen LogP contribution < -0.4 is 15.0 Å². The highest BCUT2D eigenvalue weighted by molar-refractivity contribution is 5.94. The Morgan fingerprint density at radius 2 is 1.87 bits per heavy atom. The number of hydrogen-bond donors (Lipinski definition) is 1. The highest BCUT2D eigenvalue weighted by Crippen LogP contribution is 2.25. The van der Waals surface area contributed by atoms with E-state index in [1.165, 1.54) is 12.1 Å². The summed E-state index contributed by atoms with van der Waals surface area (Å²) in [6, 6.07) is 17.4. The van der Waals surface area contributed by atoms with Crippen molar-refractivity contribution in [3.63, 3.8) is 0 Å². The van der Waals surface area contributed by atoms with Crippen LogP contribution in [-0.4, -0.2) is 50.6 Å². The summed E-state index contributed by atoms with van der Waals surface area (Å²) >= 11 is 0. The van der Waals surface area contributed by atoms with Gasteiger partial charge >= 0.3 is 0 Å². The first-order valence-corrected chi connectivity index (χ1v) is 10.3. The van der Waals surface area contributed by atoms with E-state index in [0.717, 1.165) is 37.6 Å². The van der Waals surface area contributed by atoms with Gasteiger partial charge in [-0.25, -0.2) is 4.39 Å². The molecule has 7 heteroatoms. The van der Waals surface area contributed by atoms with Crippen LogP contribution in [-0.2, 0) is 0 Å². The monoisotopic (exact) mass is 423 g/mol. The van der Waals surface area contributed by atoms with E-state index in [9.17, 15) is 9.18 Å². The van der Waals surface area contributed by atoms with Gasteiger partial charge in [0.15, 0.2) is 0 Å². The summed E-state index contributed by atoms with van der Waals surface area (Å²) in [5.74, 6) is 1.08. The van der Waals surface area contributed by atoms with Gasteiger partial charge in [0.1, 0.15) is 17.3 Å². The molecule has 1 fully saturated rings. The fraction of sp³-hybridized carbons (Fsp3) is 0.292. The quantitative estimate of drug-likeness (QED) is 0.628. The molecule has 6 nitrogen and oxygen atoms in total. The van der Waals surface area contributed by atoms with Crippen LogP contribution >= 0.6 is 0 Å². The number of piperazine rings is 1. The number of methoxy groups -OCH3 is 1. The van der Waals surface area contributed by atoms with E-state index in [2.05, 4.69) is 15.1 Å². The largest absolute Gasteiger partial charge is 0.497 e. The molecule has 1 aliphatic heterocycles. The number of carbonyl (C=O) groups excluding carboxylic acids is 1. The topological polar surface area (TPSA) is 58.0 Å². The number of furan rings is 1. The standard InChI is InChI=1S/C24H26FN3O3/c1-30-21-5-2-4-18(16-21)24(29)26-17-22(23-6-3-15-31-23)28-13-11-27(12-14-28)20-9-7-19(25)8-10-20/h2-10,15-16,22H,11-14,17H2,1H3,(H,26,29). The van der Waals surface area contributed by atoms with E-state index in [4.69, 9.17) is 9.15 Å². The molecule has 1 N–H and O–H groups in total. The molecule has 2 heterocycles. The molecular weight excluding hydrogens is 397 g/mol. The Morgan fingerprint density at radius 3 is 2.55 bits per heavy atom. The molecule has 1 amide bonds. The summed E-state index contributed by atoms with van der Waals surface area (Å²) in [7, 11) is 1.58. The predicted octanol–water partition coefficient (Wildman–Crippen LogP) is 3.72. The second-order valence-corrected chi connectivity index (χ2v) is 7.47. The summed E-state index contributed by atoms with van der Waals surface area (Å²) in [5, 5.41) is 3.03. The first-order valence-electron chi connectivity index (χ1n) is 10.3. The Labute approximate surface area is 181 Å². The number of anilines is 1. The average Bonchev–Trinajstić information content (AvgIpc) is 3.35. The van der Waals surface area contributed by atoms with Gasteiger partial charge in [-0.3, -0.25) is 9.69 Å². The van der Waals surface area contributed by atoms with Gasteiger partial charge in [-0.2, -0.15) is 0 Å². The van der Waals surface area contributed by atoms with Gasteiger partial charge in [0.05, 0.1) is 19.4 Å². The van der Waals surface area contributed by atoms with Crippen LogP contribution in [0.3, 0.4) is 0 Å². The lowest BCUT2D eigenvalue weighted by atomic mass is 10.1. The van der Waals surface area contributed by atoms with Gasteiger partial charge in [-0.15, -0.1) is 0 Å². The molecule has 162 valence electrons. The maximum absolute atomic E-state index is 13.2. The maximum Gasteiger partial charge on any atom is 0.251 e. The lowest BCUT2D eigenvalue weighted by Crippen LogP contribution is -2.49. The van der Waals surface area contributed by atoms with Crippen LogP contribution in [0.2, 0.25) is 0 Å². The number of halogens is 1. The van der Waals surface area contributed by atoms with Crippen molar-refractivity contribution >= 4 is 11.6 Å². The molecule has 0 bridgehead atoms. The highest BCUT2D eigenvalue weighted by Gasteiger charge is 2.27. The van der Waals surface area contributed by atoms with Gasteiger partial charge in [0.2, 0.25) is 0 Å². The zero-order valence-electron chi connectivity index (χ0n) is 17.5. The molecule has 1 aliphatic rings. The van der Waals surface area contributed by atoms with E-state index < -0.39 is 0 Å². The minimum absolute atomic E-state index is 0.0695. The molecule has 1 saturated heterocycles. The van der Waals surface area contributed by atoms with Crippen LogP contribution in [0, 0.1) is 5.82 Å². The van der Waals surface area contributed by atoms with E-state index in [1.807, 2.05) is 30.3 Å². The van der Waals surface area contributed by atoms with Gasteiger partial charge in [0, 0.05) is 44.0 Å². The van der Waals surface area contributed by atoms with Gasteiger partial charge < -0.3 is 19.4 Å². The number of ether oxygens (including phenoxy) is 1. The van der Waals surface area contributed by atoms with Crippen molar-refractivity contribution in [2.45, 2.75) is 6.04 Å². The zero-order valence-corrected chi connectivity index (χ0v) is 17.5. The molecular formula is C24H26FN3O3. The Balaban J connectivity index is 1.40. The Kier molecular flexibility index (Phi) is 6.52. The van der Waals surface area contributed by atoms with Crippen molar-refractivity contribution in [1.29, 1.82) is 0 Å². The van der Waals surface area contributed by atoms with Gasteiger partial charge in [-0.05, 0) is 54.6 Å². The maximum atomic E-state index is 13.2. The number of amides is 1. The number of nitrogens with one attached hydrogen (secondary N) is 1. The fourth-order valence-electron chi connectivity index (χ4n) is 3.89. The minimum Gasteiger partial charge on any atom is -0.497 e. The Bertz CT molecular complexity index is 984. The van der Waals surface area contributed by atoms with Crippen molar-refractivity contribution in [3.05, 3.63) is 84.1 Å². The number of nitrogens with zero attached hydrogens (tertiary/aromatic N) is 2. The molecule has 0 saturated carbocycles. The predicted molar refractivity (Wildman–Crippen MR) is 117 cm³/mol. The smallest absolute Gasteiger partial charge is 0.251 e. The van der Waals surface area contributed by atoms with Crippen LogP contribution in [0.4, 0.5) is 10.1 Å². The Morgan fingerprint density at radius 1 is 1.10 bits per heavy atom. The third-order valence-corrected chi connectivity index (χ3v) is 5.61. The lowest BCUT2D eigenvalue weighted by Gasteiger charge is -2.39. The molecule has 0 spiro atoms. The molecule has 1 atom stereocenters. The van der Waals surface area contributed by atoms with Crippen molar-refractivity contribution in [1.82, 2.24) is 10.2 Å². The summed E-state index contributed by atoms with van der Waals surface area (Å²) in [4.78, 5) is 17.2. The number of benzene rings is 2. The molecule has 0 radical (unpaired) electrons. The molecule has 1 aromatic heterocycles. The van der Waals surface area contributed by atoms with Crippen LogP contribution in [0.1, 0.15) is 22.2 Å².